The SMILES string of the molecule is CCNC(=O)N1CCSC(C)(C)C1. The molecule has 1 heterocycles. The van der Waals surface area contributed by atoms with Crippen molar-refractivity contribution in [1.82, 2.24) is 10.2 Å². The second kappa shape index (κ2) is 4.22. The molecule has 0 aliphatic carbocycles. The summed E-state index contributed by atoms with van der Waals surface area (Å²) in [6, 6.07) is 0.0795. The first kappa shape index (κ1) is 10.7. The molecule has 0 atom stereocenters. The van der Waals surface area contributed by atoms with Gasteiger partial charge in [0.2, 0.25) is 0 Å². The molecule has 1 aliphatic heterocycles. The Morgan fingerprint density at radius 3 is 2.85 bits per heavy atom. The summed E-state index contributed by atoms with van der Waals surface area (Å²) in [5.74, 6) is 1.05. The third-order valence-electron chi connectivity index (χ3n) is 2.04. The molecule has 1 saturated heterocycles. The third kappa shape index (κ3) is 3.10. The lowest BCUT2D eigenvalue weighted by Crippen LogP contribution is -2.50. The molecule has 1 fully saturated rings. The average molecular weight is 202 g/mol. The summed E-state index contributed by atoms with van der Waals surface area (Å²) in [5, 5.41) is 2.83. The Morgan fingerprint density at radius 2 is 2.31 bits per heavy atom. The summed E-state index contributed by atoms with van der Waals surface area (Å²) in [6.45, 7) is 8.75. The number of carbonyl (C=O) groups is 1. The van der Waals surface area contributed by atoms with Crippen LogP contribution in [0.25, 0.3) is 0 Å². The molecule has 76 valence electrons. The number of hydrogen-bond acceptors (Lipinski definition) is 2. The summed E-state index contributed by atoms with van der Waals surface area (Å²) >= 11 is 1.94. The molecule has 1 aliphatic rings. The first-order valence-corrected chi connectivity index (χ1v) is 5.70. The van der Waals surface area contributed by atoms with Gasteiger partial charge >= 0.3 is 6.03 Å². The van der Waals surface area contributed by atoms with Crippen molar-refractivity contribution in [3.63, 3.8) is 0 Å². The second-order valence-electron chi connectivity index (χ2n) is 3.87. The van der Waals surface area contributed by atoms with Gasteiger partial charge in [-0.05, 0) is 20.8 Å². The maximum atomic E-state index is 11.5. The topological polar surface area (TPSA) is 32.3 Å². The van der Waals surface area contributed by atoms with E-state index in [-0.39, 0.29) is 10.8 Å². The summed E-state index contributed by atoms with van der Waals surface area (Å²) in [7, 11) is 0. The second-order valence-corrected chi connectivity index (χ2v) is 5.67. The van der Waals surface area contributed by atoms with Crippen LogP contribution < -0.4 is 5.32 Å². The van der Waals surface area contributed by atoms with Gasteiger partial charge in [-0.2, -0.15) is 11.8 Å². The van der Waals surface area contributed by atoms with Gasteiger partial charge in [-0.3, -0.25) is 0 Å². The molecule has 0 spiro atoms. The lowest BCUT2D eigenvalue weighted by molar-refractivity contribution is 0.195. The summed E-state index contributed by atoms with van der Waals surface area (Å²) in [6.07, 6.45) is 0. The molecule has 0 radical (unpaired) electrons. The van der Waals surface area contributed by atoms with E-state index in [1.165, 1.54) is 0 Å². The zero-order valence-corrected chi connectivity index (χ0v) is 9.41. The van der Waals surface area contributed by atoms with Crippen molar-refractivity contribution in [2.24, 2.45) is 0 Å². The molecule has 3 nitrogen and oxygen atoms in total. The number of nitrogens with zero attached hydrogens (tertiary/aromatic N) is 1. The van der Waals surface area contributed by atoms with Crippen molar-refractivity contribution in [2.45, 2.75) is 25.5 Å². The fourth-order valence-electron chi connectivity index (χ4n) is 1.45. The lowest BCUT2D eigenvalue weighted by atomic mass is 10.2. The van der Waals surface area contributed by atoms with Crippen molar-refractivity contribution < 1.29 is 4.79 Å². The molecular formula is C9H18N2OS. The van der Waals surface area contributed by atoms with E-state index in [2.05, 4.69) is 19.2 Å². The molecule has 2 amide bonds. The van der Waals surface area contributed by atoms with Gasteiger partial charge in [0.15, 0.2) is 0 Å². The van der Waals surface area contributed by atoms with Gasteiger partial charge < -0.3 is 10.2 Å². The Labute approximate surface area is 84.2 Å². The molecule has 0 bridgehead atoms. The molecule has 0 saturated carbocycles. The van der Waals surface area contributed by atoms with E-state index < -0.39 is 0 Å². The summed E-state index contributed by atoms with van der Waals surface area (Å²) < 4.78 is 0.212. The Balaban J connectivity index is 2.47. The van der Waals surface area contributed by atoms with Crippen molar-refractivity contribution in [2.75, 3.05) is 25.4 Å². The number of thioether (sulfide) groups is 1. The molecule has 0 aromatic rings. The van der Waals surface area contributed by atoms with Crippen LogP contribution in [0.1, 0.15) is 20.8 Å². The number of carbonyl (C=O) groups excluding carboxylic acids is 1. The van der Waals surface area contributed by atoms with Crippen LogP contribution in [0, 0.1) is 0 Å². The maximum Gasteiger partial charge on any atom is 0.317 e. The minimum absolute atomic E-state index is 0.0795. The minimum Gasteiger partial charge on any atom is -0.338 e. The zero-order valence-electron chi connectivity index (χ0n) is 8.59. The van der Waals surface area contributed by atoms with Crippen LogP contribution in [-0.4, -0.2) is 41.1 Å². The standard InChI is InChI=1S/C9H18N2OS/c1-4-10-8(12)11-5-6-13-9(2,3)7-11/h4-7H2,1-3H3,(H,10,12). The minimum atomic E-state index is 0.0795. The van der Waals surface area contributed by atoms with E-state index in [9.17, 15) is 4.79 Å². The summed E-state index contributed by atoms with van der Waals surface area (Å²) in [4.78, 5) is 13.4. The van der Waals surface area contributed by atoms with Crippen LogP contribution in [0.3, 0.4) is 0 Å². The van der Waals surface area contributed by atoms with Crippen LogP contribution in [0.5, 0.6) is 0 Å². The number of rotatable bonds is 1. The van der Waals surface area contributed by atoms with Crippen LogP contribution in [0.4, 0.5) is 4.79 Å². The van der Waals surface area contributed by atoms with Gasteiger partial charge in [0.25, 0.3) is 0 Å². The largest absolute Gasteiger partial charge is 0.338 e. The van der Waals surface area contributed by atoms with Crippen molar-refractivity contribution in [1.29, 1.82) is 0 Å². The molecule has 0 aromatic carbocycles. The predicted molar refractivity (Wildman–Crippen MR) is 57.2 cm³/mol. The Kier molecular flexibility index (Phi) is 3.47. The van der Waals surface area contributed by atoms with Crippen molar-refractivity contribution in [3.8, 4) is 0 Å². The Hall–Kier alpha value is -0.380. The van der Waals surface area contributed by atoms with Crippen LogP contribution >= 0.6 is 11.8 Å². The zero-order chi connectivity index (χ0) is 9.90. The van der Waals surface area contributed by atoms with Crippen LogP contribution in [0.2, 0.25) is 0 Å². The highest BCUT2D eigenvalue weighted by atomic mass is 32.2. The quantitative estimate of drug-likeness (QED) is 0.699. The van der Waals surface area contributed by atoms with Crippen molar-refractivity contribution in [3.05, 3.63) is 0 Å². The Bertz CT molecular complexity index is 194. The fraction of sp³-hybridized carbons (Fsp3) is 0.889. The van der Waals surface area contributed by atoms with E-state index in [4.69, 9.17) is 0 Å². The average Bonchev–Trinajstić information content (AvgIpc) is 2.03. The van der Waals surface area contributed by atoms with E-state index in [1.807, 2.05) is 23.6 Å². The molecule has 1 N–H and O–H groups in total. The normalized spacial score (nSPS) is 21.3. The number of amides is 2. The van der Waals surface area contributed by atoms with Gasteiger partial charge in [0.05, 0.1) is 0 Å². The van der Waals surface area contributed by atoms with Gasteiger partial charge in [0, 0.05) is 30.1 Å². The highest BCUT2D eigenvalue weighted by Gasteiger charge is 2.29. The maximum absolute atomic E-state index is 11.5. The highest BCUT2D eigenvalue weighted by Crippen LogP contribution is 2.29. The molecular weight excluding hydrogens is 184 g/mol. The first-order valence-electron chi connectivity index (χ1n) is 4.72. The van der Waals surface area contributed by atoms with Gasteiger partial charge in [-0.1, -0.05) is 0 Å². The van der Waals surface area contributed by atoms with Gasteiger partial charge in [0.1, 0.15) is 0 Å². The predicted octanol–water partition coefficient (Wildman–Crippen LogP) is 1.54. The monoisotopic (exact) mass is 202 g/mol. The van der Waals surface area contributed by atoms with Crippen LogP contribution in [-0.2, 0) is 0 Å². The van der Waals surface area contributed by atoms with E-state index in [0.717, 1.165) is 18.8 Å². The molecule has 0 aromatic heterocycles. The van der Waals surface area contributed by atoms with Gasteiger partial charge in [-0.15, -0.1) is 0 Å². The van der Waals surface area contributed by atoms with Gasteiger partial charge in [-0.25, -0.2) is 4.79 Å². The van der Waals surface area contributed by atoms with Crippen LogP contribution in [0.15, 0.2) is 0 Å². The summed E-state index contributed by atoms with van der Waals surface area (Å²) in [5.41, 5.74) is 0. The van der Waals surface area contributed by atoms with E-state index in [0.29, 0.717) is 6.54 Å². The van der Waals surface area contributed by atoms with E-state index >= 15 is 0 Å². The smallest absolute Gasteiger partial charge is 0.317 e. The van der Waals surface area contributed by atoms with Crippen molar-refractivity contribution >= 4 is 17.8 Å². The fourth-order valence-corrected chi connectivity index (χ4v) is 2.56. The third-order valence-corrected chi connectivity index (χ3v) is 3.34. The first-order chi connectivity index (χ1) is 6.05. The number of hydrogen-bond donors (Lipinski definition) is 1. The molecule has 0 unspecified atom stereocenters. The number of nitrogens with one attached hydrogen (secondary N) is 1. The Morgan fingerprint density at radius 1 is 1.62 bits per heavy atom. The molecule has 4 heteroatoms. The lowest BCUT2D eigenvalue weighted by Gasteiger charge is -2.37. The number of urea groups is 1. The molecule has 1 rings (SSSR count). The highest BCUT2D eigenvalue weighted by molar-refractivity contribution is 8.00. The molecule has 13 heavy (non-hydrogen) atoms. The van der Waals surface area contributed by atoms with E-state index in [1.54, 1.807) is 0 Å².